The van der Waals surface area contributed by atoms with E-state index in [2.05, 4.69) is 10.3 Å². The molecule has 0 radical (unpaired) electrons. The highest BCUT2D eigenvalue weighted by Crippen LogP contribution is 2.35. The Hall–Kier alpha value is -3.23. The largest absolute Gasteiger partial charge is 0.271 e. The van der Waals surface area contributed by atoms with Gasteiger partial charge < -0.3 is 0 Å². The highest BCUT2D eigenvalue weighted by Gasteiger charge is 2.55. The number of rotatable bonds is 2. The number of hydrogen-bond acceptors (Lipinski definition) is 5. The van der Waals surface area contributed by atoms with Gasteiger partial charge in [-0.25, -0.2) is 23.1 Å². The molecule has 2 aliphatic rings. The van der Waals surface area contributed by atoms with Crippen molar-refractivity contribution in [2.24, 2.45) is 10.3 Å². The summed E-state index contributed by atoms with van der Waals surface area (Å²) in [6, 6.07) is 4.75. The van der Waals surface area contributed by atoms with Crippen molar-refractivity contribution in [3.05, 3.63) is 59.4 Å². The van der Waals surface area contributed by atoms with Crippen molar-refractivity contribution < 1.29 is 22.8 Å². The molecule has 2 amide bonds. The summed E-state index contributed by atoms with van der Waals surface area (Å²) < 4.78 is 40.4. The number of aryl methyl sites for hydroxylation is 1. The molecule has 1 saturated heterocycles. The van der Waals surface area contributed by atoms with Crippen molar-refractivity contribution in [2.75, 3.05) is 9.91 Å². The zero-order valence-electron chi connectivity index (χ0n) is 13.4. The Balaban J connectivity index is 1.71. The van der Waals surface area contributed by atoms with Crippen LogP contribution < -0.4 is 9.91 Å². The SMILES string of the molecule is Cc1ccc(N2N=N[C@@H]3C(=O)N(c4ccc(F)c(F)c4)C(=O)[C@@H]32)cc1F. The van der Waals surface area contributed by atoms with Crippen molar-refractivity contribution in [3.63, 3.8) is 0 Å². The number of amides is 2. The summed E-state index contributed by atoms with van der Waals surface area (Å²) in [5, 5.41) is 8.77. The van der Waals surface area contributed by atoms with Gasteiger partial charge in [0.1, 0.15) is 5.82 Å². The monoisotopic (exact) mass is 360 g/mol. The molecule has 0 saturated carbocycles. The van der Waals surface area contributed by atoms with Gasteiger partial charge in [0.2, 0.25) is 0 Å². The van der Waals surface area contributed by atoms with Crippen LogP contribution in [0.2, 0.25) is 0 Å². The van der Waals surface area contributed by atoms with Crippen LogP contribution in [0.5, 0.6) is 0 Å². The summed E-state index contributed by atoms with van der Waals surface area (Å²) in [5.74, 6) is -4.17. The van der Waals surface area contributed by atoms with E-state index in [9.17, 15) is 22.8 Å². The minimum absolute atomic E-state index is 0.0986. The molecule has 0 spiro atoms. The maximum atomic E-state index is 13.8. The van der Waals surface area contributed by atoms with Gasteiger partial charge in [-0.2, -0.15) is 5.11 Å². The molecule has 2 heterocycles. The van der Waals surface area contributed by atoms with Gasteiger partial charge in [0, 0.05) is 6.07 Å². The second kappa shape index (κ2) is 5.65. The van der Waals surface area contributed by atoms with Gasteiger partial charge in [0.25, 0.3) is 11.8 Å². The molecule has 2 aromatic carbocycles. The van der Waals surface area contributed by atoms with Gasteiger partial charge >= 0.3 is 0 Å². The Bertz CT molecular complexity index is 978. The number of nitrogens with zero attached hydrogens (tertiary/aromatic N) is 4. The van der Waals surface area contributed by atoms with E-state index in [-0.39, 0.29) is 11.4 Å². The Labute approximate surface area is 145 Å². The maximum Gasteiger partial charge on any atom is 0.263 e. The fraction of sp³-hybridized carbons (Fsp3) is 0.176. The molecule has 132 valence electrons. The molecule has 6 nitrogen and oxygen atoms in total. The molecule has 4 rings (SSSR count). The van der Waals surface area contributed by atoms with Crippen LogP contribution in [0.15, 0.2) is 46.7 Å². The number of imide groups is 1. The molecular formula is C17H11F3N4O2. The van der Waals surface area contributed by atoms with Crippen molar-refractivity contribution in [3.8, 4) is 0 Å². The third-order valence-electron chi connectivity index (χ3n) is 4.36. The van der Waals surface area contributed by atoms with Crippen LogP contribution >= 0.6 is 0 Å². The molecule has 1 fully saturated rings. The smallest absolute Gasteiger partial charge is 0.263 e. The molecule has 0 N–H and O–H groups in total. The summed E-state index contributed by atoms with van der Waals surface area (Å²) >= 11 is 0. The van der Waals surface area contributed by atoms with Crippen LogP contribution in [0.1, 0.15) is 5.56 Å². The van der Waals surface area contributed by atoms with Gasteiger partial charge in [0.05, 0.1) is 11.4 Å². The molecule has 2 atom stereocenters. The fourth-order valence-electron chi connectivity index (χ4n) is 2.98. The predicted molar refractivity (Wildman–Crippen MR) is 84.9 cm³/mol. The van der Waals surface area contributed by atoms with E-state index in [0.29, 0.717) is 5.56 Å². The van der Waals surface area contributed by atoms with E-state index in [4.69, 9.17) is 0 Å². The summed E-state index contributed by atoms with van der Waals surface area (Å²) in [7, 11) is 0. The third-order valence-corrected chi connectivity index (χ3v) is 4.36. The first-order valence-corrected chi connectivity index (χ1v) is 7.67. The van der Waals surface area contributed by atoms with Gasteiger partial charge in [-0.1, -0.05) is 11.3 Å². The molecule has 0 aliphatic carbocycles. The van der Waals surface area contributed by atoms with E-state index in [1.54, 1.807) is 13.0 Å². The first kappa shape index (κ1) is 16.2. The van der Waals surface area contributed by atoms with E-state index in [1.165, 1.54) is 12.1 Å². The minimum atomic E-state index is -1.18. The Morgan fingerprint density at radius 3 is 2.27 bits per heavy atom. The Morgan fingerprint density at radius 2 is 1.58 bits per heavy atom. The van der Waals surface area contributed by atoms with Gasteiger partial charge in [-0.05, 0) is 36.8 Å². The van der Waals surface area contributed by atoms with Crippen LogP contribution in [0.3, 0.4) is 0 Å². The zero-order chi connectivity index (χ0) is 18.6. The number of hydrogen-bond donors (Lipinski definition) is 0. The van der Waals surface area contributed by atoms with E-state index in [1.807, 2.05) is 0 Å². The van der Waals surface area contributed by atoms with E-state index in [0.717, 1.165) is 28.1 Å². The lowest BCUT2D eigenvalue weighted by Crippen LogP contribution is -2.40. The van der Waals surface area contributed by atoms with Crippen LogP contribution in [0.25, 0.3) is 0 Å². The quantitative estimate of drug-likeness (QED) is 0.774. The molecule has 0 bridgehead atoms. The summed E-state index contributed by atoms with van der Waals surface area (Å²) in [5.41, 5.74) is 0.579. The zero-order valence-corrected chi connectivity index (χ0v) is 13.4. The lowest BCUT2D eigenvalue weighted by Gasteiger charge is -2.21. The lowest BCUT2D eigenvalue weighted by molar-refractivity contribution is -0.121. The fourth-order valence-corrected chi connectivity index (χ4v) is 2.98. The predicted octanol–water partition coefficient (Wildman–Crippen LogP) is 2.91. The molecule has 2 aliphatic heterocycles. The van der Waals surface area contributed by atoms with E-state index < -0.39 is 41.3 Å². The van der Waals surface area contributed by atoms with Crippen molar-refractivity contribution in [1.29, 1.82) is 0 Å². The number of fused-ring (bicyclic) bond motifs is 1. The topological polar surface area (TPSA) is 65.3 Å². The Morgan fingerprint density at radius 1 is 0.885 bits per heavy atom. The summed E-state index contributed by atoms with van der Waals surface area (Å²) in [6.45, 7) is 1.59. The van der Waals surface area contributed by atoms with Gasteiger partial charge in [0.15, 0.2) is 23.7 Å². The van der Waals surface area contributed by atoms with Crippen LogP contribution in [-0.2, 0) is 9.59 Å². The Kier molecular flexibility index (Phi) is 3.53. The maximum absolute atomic E-state index is 13.8. The second-order valence-corrected chi connectivity index (χ2v) is 5.98. The van der Waals surface area contributed by atoms with Crippen molar-refractivity contribution in [2.45, 2.75) is 19.0 Å². The second-order valence-electron chi connectivity index (χ2n) is 5.98. The lowest BCUT2D eigenvalue weighted by atomic mass is 10.1. The van der Waals surface area contributed by atoms with Crippen molar-refractivity contribution in [1.82, 2.24) is 0 Å². The molecule has 26 heavy (non-hydrogen) atoms. The summed E-state index contributed by atoms with van der Waals surface area (Å²) in [4.78, 5) is 26.0. The normalized spacial score (nSPS) is 21.7. The third kappa shape index (κ3) is 2.27. The molecule has 2 aromatic rings. The van der Waals surface area contributed by atoms with Crippen LogP contribution in [-0.4, -0.2) is 23.9 Å². The standard InChI is InChI=1S/C17H11F3N4O2/c1-8-2-3-10(7-12(8)19)24-15-14(21-22-24)16(25)23(17(15)26)9-4-5-11(18)13(20)6-9/h2-7,14-15H,1H3/t14-,15+/m0/s1. The minimum Gasteiger partial charge on any atom is -0.271 e. The highest BCUT2D eigenvalue weighted by molar-refractivity contribution is 6.26. The average Bonchev–Trinajstić information content (AvgIpc) is 3.14. The number of benzene rings is 2. The number of anilines is 2. The van der Waals surface area contributed by atoms with Crippen LogP contribution in [0, 0.1) is 24.4 Å². The average molecular weight is 360 g/mol. The van der Waals surface area contributed by atoms with Crippen LogP contribution in [0.4, 0.5) is 24.5 Å². The van der Waals surface area contributed by atoms with Gasteiger partial charge in [-0.3, -0.25) is 9.59 Å². The molecule has 9 heteroatoms. The highest BCUT2D eigenvalue weighted by atomic mass is 19.2. The number of halogens is 3. The first-order valence-electron chi connectivity index (χ1n) is 7.67. The number of carbonyl (C=O) groups is 2. The van der Waals surface area contributed by atoms with Crippen molar-refractivity contribution >= 4 is 23.2 Å². The summed E-state index contributed by atoms with van der Waals surface area (Å²) in [6.07, 6.45) is 0. The molecule has 0 unspecified atom stereocenters. The van der Waals surface area contributed by atoms with E-state index >= 15 is 0 Å². The molecular weight excluding hydrogens is 349 g/mol. The van der Waals surface area contributed by atoms with Gasteiger partial charge in [-0.15, -0.1) is 0 Å². The number of carbonyl (C=O) groups excluding carboxylic acids is 2. The first-order chi connectivity index (χ1) is 12.4. The molecule has 0 aromatic heterocycles.